The Morgan fingerprint density at radius 2 is 1.88 bits per heavy atom. The van der Waals surface area contributed by atoms with Crippen molar-refractivity contribution in [1.82, 2.24) is 5.32 Å². The van der Waals surface area contributed by atoms with Gasteiger partial charge < -0.3 is 19.9 Å². The number of ether oxygens (including phenoxy) is 2. The van der Waals surface area contributed by atoms with E-state index in [-0.39, 0.29) is 17.9 Å². The number of halogens is 1. The molecule has 0 aliphatic carbocycles. The predicted octanol–water partition coefficient (Wildman–Crippen LogP) is 2.72. The van der Waals surface area contributed by atoms with Crippen molar-refractivity contribution in [1.29, 1.82) is 0 Å². The molecule has 0 aliphatic rings. The summed E-state index contributed by atoms with van der Waals surface area (Å²) < 4.78 is 23.9. The summed E-state index contributed by atoms with van der Waals surface area (Å²) in [6.45, 7) is 1.67. The topological polar surface area (TPSA) is 84.9 Å². The van der Waals surface area contributed by atoms with Gasteiger partial charge in [-0.15, -0.1) is 0 Å². The van der Waals surface area contributed by atoms with E-state index in [9.17, 15) is 19.1 Å². The Kier molecular flexibility index (Phi) is 6.54. The average Bonchev–Trinajstić information content (AvgIpc) is 2.64. The van der Waals surface area contributed by atoms with E-state index in [1.54, 1.807) is 12.1 Å². The van der Waals surface area contributed by atoms with Crippen molar-refractivity contribution < 1.29 is 28.6 Å². The second kappa shape index (κ2) is 8.84. The van der Waals surface area contributed by atoms with Crippen LogP contribution in [0.15, 0.2) is 42.5 Å². The van der Waals surface area contributed by atoms with Crippen molar-refractivity contribution in [3.8, 4) is 11.5 Å². The van der Waals surface area contributed by atoms with Gasteiger partial charge in [-0.3, -0.25) is 4.79 Å². The van der Waals surface area contributed by atoms with Crippen LogP contribution in [0.1, 0.15) is 24.1 Å². The Bertz CT molecular complexity index is 776. The van der Waals surface area contributed by atoms with Gasteiger partial charge in [-0.1, -0.05) is 25.1 Å². The number of rotatable bonds is 8. The van der Waals surface area contributed by atoms with Crippen molar-refractivity contribution in [3.63, 3.8) is 0 Å². The number of carbonyl (C=O) groups is 2. The van der Waals surface area contributed by atoms with Crippen LogP contribution in [-0.2, 0) is 16.0 Å². The van der Waals surface area contributed by atoms with Gasteiger partial charge in [-0.25, -0.2) is 9.18 Å². The van der Waals surface area contributed by atoms with Gasteiger partial charge in [0.15, 0.2) is 24.2 Å². The van der Waals surface area contributed by atoms with E-state index in [1.807, 2.05) is 19.1 Å². The summed E-state index contributed by atoms with van der Waals surface area (Å²) in [6.07, 6.45) is 0.888. The van der Waals surface area contributed by atoms with Crippen LogP contribution in [0.2, 0.25) is 0 Å². The molecule has 2 aromatic rings. The molecule has 7 heteroatoms. The molecule has 0 saturated carbocycles. The summed E-state index contributed by atoms with van der Waals surface area (Å²) in [4.78, 5) is 23.5. The molecule has 2 N–H and O–H groups in total. The van der Waals surface area contributed by atoms with E-state index < -0.39 is 23.7 Å². The molecule has 0 saturated heterocycles. The fraction of sp³-hybridized carbons (Fsp3) is 0.263. The van der Waals surface area contributed by atoms with E-state index in [2.05, 4.69) is 5.32 Å². The predicted molar refractivity (Wildman–Crippen MR) is 92.8 cm³/mol. The summed E-state index contributed by atoms with van der Waals surface area (Å²) in [5.74, 6) is -2.16. The highest BCUT2D eigenvalue weighted by molar-refractivity contribution is 5.85. The molecule has 0 heterocycles. The van der Waals surface area contributed by atoms with Crippen LogP contribution < -0.4 is 14.8 Å². The van der Waals surface area contributed by atoms with Crippen molar-refractivity contribution in [2.75, 3.05) is 13.7 Å². The van der Waals surface area contributed by atoms with Crippen molar-refractivity contribution >= 4 is 11.9 Å². The number of carboxylic acids is 1. The first-order valence-corrected chi connectivity index (χ1v) is 8.02. The van der Waals surface area contributed by atoms with E-state index in [0.29, 0.717) is 5.75 Å². The van der Waals surface area contributed by atoms with E-state index in [0.717, 1.165) is 18.1 Å². The molecule has 2 aromatic carbocycles. The van der Waals surface area contributed by atoms with Gasteiger partial charge in [-0.05, 0) is 41.8 Å². The third-order valence-electron chi connectivity index (χ3n) is 3.76. The summed E-state index contributed by atoms with van der Waals surface area (Å²) in [5.41, 5.74) is 1.23. The molecule has 0 aromatic heterocycles. The molecule has 0 fully saturated rings. The maximum atomic E-state index is 13.8. The van der Waals surface area contributed by atoms with Crippen molar-refractivity contribution in [3.05, 3.63) is 59.4 Å². The van der Waals surface area contributed by atoms with Gasteiger partial charge in [0.05, 0.1) is 7.11 Å². The number of methoxy groups -OCH3 is 1. The van der Waals surface area contributed by atoms with E-state index >= 15 is 0 Å². The molecule has 0 aliphatic heterocycles. The van der Waals surface area contributed by atoms with Gasteiger partial charge in [-0.2, -0.15) is 0 Å². The third-order valence-corrected chi connectivity index (χ3v) is 3.76. The van der Waals surface area contributed by atoms with Gasteiger partial charge in [0.25, 0.3) is 5.91 Å². The molecule has 1 amide bonds. The molecule has 1 atom stereocenters. The van der Waals surface area contributed by atoms with Crippen LogP contribution >= 0.6 is 0 Å². The zero-order valence-electron chi connectivity index (χ0n) is 14.5. The number of aryl methyl sites for hydroxylation is 1. The lowest BCUT2D eigenvalue weighted by atomic mass is 10.1. The average molecular weight is 361 g/mol. The molecule has 1 unspecified atom stereocenters. The Balaban J connectivity index is 2.01. The van der Waals surface area contributed by atoms with E-state index in [4.69, 9.17) is 9.47 Å². The molecule has 0 radical (unpaired) electrons. The third kappa shape index (κ3) is 4.95. The number of aliphatic carboxylic acids is 1. The van der Waals surface area contributed by atoms with Crippen LogP contribution in [0.5, 0.6) is 11.5 Å². The summed E-state index contributed by atoms with van der Waals surface area (Å²) >= 11 is 0. The first-order valence-electron chi connectivity index (χ1n) is 8.02. The highest BCUT2D eigenvalue weighted by Gasteiger charge is 2.23. The molecule has 0 spiro atoms. The monoisotopic (exact) mass is 361 g/mol. The normalized spacial score (nSPS) is 11.5. The standard InChI is InChI=1S/C19H20FNO5/c1-3-12-4-7-14(8-5-12)26-11-17(22)21-18(19(23)24)13-6-9-16(25-2)15(20)10-13/h4-10,18H,3,11H2,1-2H3,(H,21,22)(H,23,24). The second-order valence-electron chi connectivity index (χ2n) is 5.52. The van der Waals surface area contributed by atoms with Crippen LogP contribution in [0.3, 0.4) is 0 Å². The molecular weight excluding hydrogens is 341 g/mol. The Labute approximate surface area is 150 Å². The minimum absolute atomic E-state index is 0.0110. The Morgan fingerprint density at radius 3 is 2.42 bits per heavy atom. The fourth-order valence-electron chi connectivity index (χ4n) is 2.32. The quantitative estimate of drug-likeness (QED) is 0.755. The summed E-state index contributed by atoms with van der Waals surface area (Å²) in [6, 6.07) is 9.54. The lowest BCUT2D eigenvalue weighted by Gasteiger charge is -2.16. The molecule has 138 valence electrons. The van der Waals surface area contributed by atoms with Crippen LogP contribution in [0.4, 0.5) is 4.39 Å². The molecule has 0 bridgehead atoms. The minimum atomic E-state index is -1.39. The molecule has 6 nitrogen and oxygen atoms in total. The first kappa shape index (κ1) is 19.2. The maximum Gasteiger partial charge on any atom is 0.330 e. The first-order chi connectivity index (χ1) is 12.4. The van der Waals surface area contributed by atoms with Gasteiger partial charge >= 0.3 is 5.97 Å². The lowest BCUT2D eigenvalue weighted by Crippen LogP contribution is -2.36. The smallest absolute Gasteiger partial charge is 0.330 e. The SMILES string of the molecule is CCc1ccc(OCC(=O)NC(C(=O)O)c2ccc(OC)c(F)c2)cc1. The zero-order chi connectivity index (χ0) is 19.1. The van der Waals surface area contributed by atoms with E-state index in [1.165, 1.54) is 19.2 Å². The van der Waals surface area contributed by atoms with Crippen molar-refractivity contribution in [2.24, 2.45) is 0 Å². The fourth-order valence-corrected chi connectivity index (χ4v) is 2.32. The number of nitrogens with one attached hydrogen (secondary N) is 1. The minimum Gasteiger partial charge on any atom is -0.494 e. The Hall–Kier alpha value is -3.09. The number of hydrogen-bond acceptors (Lipinski definition) is 4. The summed E-state index contributed by atoms with van der Waals surface area (Å²) in [5, 5.41) is 11.6. The molecular formula is C19H20FNO5. The molecule has 2 rings (SSSR count). The number of carbonyl (C=O) groups excluding carboxylic acids is 1. The molecule has 26 heavy (non-hydrogen) atoms. The van der Waals surface area contributed by atoms with Crippen LogP contribution in [-0.4, -0.2) is 30.7 Å². The Morgan fingerprint density at radius 1 is 1.19 bits per heavy atom. The van der Waals surface area contributed by atoms with Gasteiger partial charge in [0.1, 0.15) is 5.75 Å². The lowest BCUT2D eigenvalue weighted by molar-refractivity contribution is -0.142. The number of amides is 1. The van der Waals surface area contributed by atoms with Crippen molar-refractivity contribution in [2.45, 2.75) is 19.4 Å². The number of carboxylic acid groups (broad SMARTS) is 1. The largest absolute Gasteiger partial charge is 0.494 e. The zero-order valence-corrected chi connectivity index (χ0v) is 14.5. The maximum absolute atomic E-state index is 13.8. The van der Waals surface area contributed by atoms with Crippen LogP contribution in [0.25, 0.3) is 0 Å². The highest BCUT2D eigenvalue weighted by atomic mass is 19.1. The number of hydrogen-bond donors (Lipinski definition) is 2. The second-order valence-corrected chi connectivity index (χ2v) is 5.52. The highest BCUT2D eigenvalue weighted by Crippen LogP contribution is 2.22. The number of benzene rings is 2. The van der Waals surface area contributed by atoms with Gasteiger partial charge in [0, 0.05) is 0 Å². The van der Waals surface area contributed by atoms with Crippen LogP contribution in [0, 0.1) is 5.82 Å². The summed E-state index contributed by atoms with van der Waals surface area (Å²) in [7, 11) is 1.30. The van der Waals surface area contributed by atoms with Gasteiger partial charge in [0.2, 0.25) is 0 Å².